The SMILES string of the molecule is COCc1ccc(CNC(C)CN2CCCC2=O)cc1. The molecule has 1 atom stereocenters. The van der Waals surface area contributed by atoms with E-state index in [1.165, 1.54) is 11.1 Å². The molecule has 0 spiro atoms. The summed E-state index contributed by atoms with van der Waals surface area (Å²) in [5.74, 6) is 0.294. The van der Waals surface area contributed by atoms with E-state index < -0.39 is 0 Å². The van der Waals surface area contributed by atoms with Gasteiger partial charge >= 0.3 is 0 Å². The molecule has 1 aliphatic heterocycles. The predicted octanol–water partition coefficient (Wildman–Crippen LogP) is 1.93. The van der Waals surface area contributed by atoms with E-state index in [2.05, 4.69) is 36.5 Å². The first-order valence-electron chi connectivity index (χ1n) is 7.27. The Morgan fingerprint density at radius 2 is 2.00 bits per heavy atom. The summed E-state index contributed by atoms with van der Waals surface area (Å²) in [5.41, 5.74) is 2.44. The van der Waals surface area contributed by atoms with E-state index in [0.717, 1.165) is 26.1 Å². The van der Waals surface area contributed by atoms with Gasteiger partial charge in [0.05, 0.1) is 6.61 Å². The second kappa shape index (κ2) is 7.41. The number of benzene rings is 1. The molecule has 1 aromatic rings. The number of methoxy groups -OCH3 is 1. The van der Waals surface area contributed by atoms with Crippen molar-refractivity contribution >= 4 is 5.91 Å². The monoisotopic (exact) mass is 276 g/mol. The summed E-state index contributed by atoms with van der Waals surface area (Å²) in [6.45, 7) is 5.33. The van der Waals surface area contributed by atoms with Crippen molar-refractivity contribution in [3.8, 4) is 0 Å². The molecule has 1 saturated heterocycles. The van der Waals surface area contributed by atoms with Crippen LogP contribution in [0.5, 0.6) is 0 Å². The van der Waals surface area contributed by atoms with Gasteiger partial charge in [0.2, 0.25) is 5.91 Å². The van der Waals surface area contributed by atoms with Gasteiger partial charge in [0, 0.05) is 39.2 Å². The third-order valence-corrected chi connectivity index (χ3v) is 3.65. The molecular formula is C16H24N2O2. The molecule has 4 heteroatoms. The quantitative estimate of drug-likeness (QED) is 0.827. The minimum absolute atomic E-state index is 0.294. The van der Waals surface area contributed by atoms with E-state index in [9.17, 15) is 4.79 Å². The molecule has 0 saturated carbocycles. The van der Waals surface area contributed by atoms with Crippen LogP contribution in [0.3, 0.4) is 0 Å². The second-order valence-corrected chi connectivity index (χ2v) is 5.47. The number of carbonyl (C=O) groups excluding carboxylic acids is 1. The fraction of sp³-hybridized carbons (Fsp3) is 0.562. The first-order chi connectivity index (χ1) is 9.69. The first-order valence-corrected chi connectivity index (χ1v) is 7.27. The van der Waals surface area contributed by atoms with E-state index in [1.54, 1.807) is 7.11 Å². The fourth-order valence-electron chi connectivity index (χ4n) is 2.50. The number of nitrogens with zero attached hydrogens (tertiary/aromatic N) is 1. The van der Waals surface area contributed by atoms with Gasteiger partial charge in [0.25, 0.3) is 0 Å². The summed E-state index contributed by atoms with van der Waals surface area (Å²) >= 11 is 0. The molecular weight excluding hydrogens is 252 g/mol. The molecule has 1 amide bonds. The zero-order chi connectivity index (χ0) is 14.4. The van der Waals surface area contributed by atoms with Crippen molar-refractivity contribution in [3.05, 3.63) is 35.4 Å². The molecule has 0 aliphatic carbocycles. The summed E-state index contributed by atoms with van der Waals surface area (Å²) in [6, 6.07) is 8.74. The van der Waals surface area contributed by atoms with Gasteiger partial charge in [-0.3, -0.25) is 4.79 Å². The number of nitrogens with one attached hydrogen (secondary N) is 1. The van der Waals surface area contributed by atoms with Gasteiger partial charge in [-0.25, -0.2) is 0 Å². The van der Waals surface area contributed by atoms with Crippen LogP contribution in [0.15, 0.2) is 24.3 Å². The number of ether oxygens (including phenoxy) is 1. The van der Waals surface area contributed by atoms with Crippen LogP contribution in [0.25, 0.3) is 0 Å². The summed E-state index contributed by atoms with van der Waals surface area (Å²) in [7, 11) is 1.71. The van der Waals surface area contributed by atoms with Crippen LogP contribution in [0.4, 0.5) is 0 Å². The fourth-order valence-corrected chi connectivity index (χ4v) is 2.50. The highest BCUT2D eigenvalue weighted by atomic mass is 16.5. The normalized spacial score (nSPS) is 16.7. The lowest BCUT2D eigenvalue weighted by molar-refractivity contribution is -0.127. The predicted molar refractivity (Wildman–Crippen MR) is 79.3 cm³/mol. The van der Waals surface area contributed by atoms with Gasteiger partial charge in [0.1, 0.15) is 0 Å². The maximum Gasteiger partial charge on any atom is 0.222 e. The molecule has 20 heavy (non-hydrogen) atoms. The van der Waals surface area contributed by atoms with Crippen molar-refractivity contribution in [1.82, 2.24) is 10.2 Å². The smallest absolute Gasteiger partial charge is 0.222 e. The lowest BCUT2D eigenvalue weighted by Crippen LogP contribution is -2.39. The number of rotatable bonds is 7. The Morgan fingerprint density at radius 3 is 2.60 bits per heavy atom. The highest BCUT2D eigenvalue weighted by molar-refractivity contribution is 5.78. The van der Waals surface area contributed by atoms with Crippen molar-refractivity contribution in [2.24, 2.45) is 0 Å². The summed E-state index contributed by atoms with van der Waals surface area (Å²) in [6.07, 6.45) is 1.72. The summed E-state index contributed by atoms with van der Waals surface area (Å²) < 4.78 is 5.10. The van der Waals surface area contributed by atoms with Gasteiger partial charge in [-0.05, 0) is 24.5 Å². The highest BCUT2D eigenvalue weighted by Gasteiger charge is 2.21. The molecule has 1 fully saturated rings. The molecule has 4 nitrogen and oxygen atoms in total. The minimum Gasteiger partial charge on any atom is -0.380 e. The molecule has 0 bridgehead atoms. The second-order valence-electron chi connectivity index (χ2n) is 5.47. The average Bonchev–Trinajstić information content (AvgIpc) is 2.84. The number of hydrogen-bond donors (Lipinski definition) is 1. The summed E-state index contributed by atoms with van der Waals surface area (Å²) in [5, 5.41) is 3.47. The lowest BCUT2D eigenvalue weighted by atomic mass is 10.1. The van der Waals surface area contributed by atoms with Crippen LogP contribution in [0.2, 0.25) is 0 Å². The zero-order valence-corrected chi connectivity index (χ0v) is 12.4. The van der Waals surface area contributed by atoms with Crippen molar-refractivity contribution in [1.29, 1.82) is 0 Å². The van der Waals surface area contributed by atoms with Gasteiger partial charge in [-0.2, -0.15) is 0 Å². The van der Waals surface area contributed by atoms with Crippen LogP contribution >= 0.6 is 0 Å². The maximum atomic E-state index is 11.6. The molecule has 1 aromatic carbocycles. The molecule has 1 aliphatic rings. The largest absolute Gasteiger partial charge is 0.380 e. The molecule has 1 N–H and O–H groups in total. The Balaban J connectivity index is 1.75. The van der Waals surface area contributed by atoms with Crippen LogP contribution in [0, 0.1) is 0 Å². The Kier molecular flexibility index (Phi) is 5.56. The number of amides is 1. The first kappa shape index (κ1) is 15.0. The van der Waals surface area contributed by atoms with Crippen LogP contribution in [0.1, 0.15) is 30.9 Å². The number of hydrogen-bond acceptors (Lipinski definition) is 3. The average molecular weight is 276 g/mol. The third-order valence-electron chi connectivity index (χ3n) is 3.65. The summed E-state index contributed by atoms with van der Waals surface area (Å²) in [4.78, 5) is 13.5. The molecule has 0 aromatic heterocycles. The Hall–Kier alpha value is -1.39. The van der Waals surface area contributed by atoms with E-state index >= 15 is 0 Å². The lowest BCUT2D eigenvalue weighted by Gasteiger charge is -2.21. The highest BCUT2D eigenvalue weighted by Crippen LogP contribution is 2.10. The van der Waals surface area contributed by atoms with E-state index in [0.29, 0.717) is 25.0 Å². The van der Waals surface area contributed by atoms with Crippen molar-refractivity contribution in [2.75, 3.05) is 20.2 Å². The van der Waals surface area contributed by atoms with E-state index in [4.69, 9.17) is 4.74 Å². The molecule has 2 rings (SSSR count). The Labute approximate surface area is 121 Å². The van der Waals surface area contributed by atoms with Crippen molar-refractivity contribution < 1.29 is 9.53 Å². The third kappa shape index (κ3) is 4.32. The number of likely N-dealkylation sites (tertiary alicyclic amines) is 1. The molecule has 1 unspecified atom stereocenters. The van der Waals surface area contributed by atoms with E-state index in [1.807, 2.05) is 4.90 Å². The van der Waals surface area contributed by atoms with Gasteiger partial charge in [-0.1, -0.05) is 24.3 Å². The molecule has 1 heterocycles. The molecule has 110 valence electrons. The van der Waals surface area contributed by atoms with Gasteiger partial charge < -0.3 is 15.0 Å². The zero-order valence-electron chi connectivity index (χ0n) is 12.4. The number of carbonyl (C=O) groups is 1. The van der Waals surface area contributed by atoms with Crippen LogP contribution < -0.4 is 5.32 Å². The van der Waals surface area contributed by atoms with Crippen LogP contribution in [-0.2, 0) is 22.7 Å². The maximum absolute atomic E-state index is 11.6. The Bertz CT molecular complexity index is 431. The van der Waals surface area contributed by atoms with Gasteiger partial charge in [0.15, 0.2) is 0 Å². The Morgan fingerprint density at radius 1 is 1.30 bits per heavy atom. The minimum atomic E-state index is 0.294. The van der Waals surface area contributed by atoms with Gasteiger partial charge in [-0.15, -0.1) is 0 Å². The topological polar surface area (TPSA) is 41.6 Å². The standard InChI is InChI=1S/C16H24N2O2/c1-13(11-18-9-3-4-16(18)19)17-10-14-5-7-15(8-6-14)12-20-2/h5-8,13,17H,3-4,9-12H2,1-2H3. The molecule has 0 radical (unpaired) electrons. The van der Waals surface area contributed by atoms with Crippen molar-refractivity contribution in [2.45, 2.75) is 39.0 Å². The van der Waals surface area contributed by atoms with Crippen molar-refractivity contribution in [3.63, 3.8) is 0 Å². The van der Waals surface area contributed by atoms with Crippen LogP contribution in [-0.4, -0.2) is 37.0 Å². The van der Waals surface area contributed by atoms with E-state index in [-0.39, 0.29) is 0 Å².